The van der Waals surface area contributed by atoms with Crippen LogP contribution in [0.5, 0.6) is 0 Å². The molecule has 2 saturated heterocycles. The van der Waals surface area contributed by atoms with Gasteiger partial charge >= 0.3 is 0 Å². The quantitative estimate of drug-likeness (QED) is 0.581. The highest BCUT2D eigenvalue weighted by atomic mass is 32.2. The van der Waals surface area contributed by atoms with Gasteiger partial charge in [0.1, 0.15) is 0 Å². The van der Waals surface area contributed by atoms with Gasteiger partial charge in [-0.15, -0.1) is 0 Å². The number of rotatable bonds is 5. The summed E-state index contributed by atoms with van der Waals surface area (Å²) in [4.78, 5) is 18.8. The van der Waals surface area contributed by atoms with E-state index in [1.54, 1.807) is 11.8 Å². The molecule has 0 amide bonds. The number of morpholine rings is 2. The molecule has 2 aromatic carbocycles. The molecule has 0 bridgehead atoms. The molecule has 0 N–H and O–H groups in total. The monoisotopic (exact) mass is 423 g/mol. The van der Waals surface area contributed by atoms with Crippen molar-refractivity contribution in [1.29, 1.82) is 0 Å². The minimum Gasteiger partial charge on any atom is -0.378 e. The second-order valence-corrected chi connectivity index (χ2v) is 8.29. The number of benzene rings is 2. The molecule has 2 aliphatic rings. The van der Waals surface area contributed by atoms with E-state index in [9.17, 15) is 0 Å². The minimum atomic E-state index is 0.705. The van der Waals surface area contributed by atoms with Crippen molar-refractivity contribution in [1.82, 2.24) is 15.0 Å². The van der Waals surface area contributed by atoms with E-state index in [4.69, 9.17) is 24.4 Å². The molecule has 8 heteroatoms. The van der Waals surface area contributed by atoms with Gasteiger partial charge in [-0.25, -0.2) is 0 Å². The predicted molar refractivity (Wildman–Crippen MR) is 119 cm³/mol. The smallest absolute Gasteiger partial charge is 0.231 e. The molecule has 0 aliphatic carbocycles. The fraction of sp³-hybridized carbons (Fsp3) is 0.409. The van der Waals surface area contributed by atoms with Crippen LogP contribution in [0.4, 0.5) is 11.9 Å². The van der Waals surface area contributed by atoms with Crippen LogP contribution in [0.3, 0.4) is 0 Å². The van der Waals surface area contributed by atoms with E-state index >= 15 is 0 Å². The van der Waals surface area contributed by atoms with Crippen molar-refractivity contribution in [3.05, 3.63) is 48.0 Å². The minimum absolute atomic E-state index is 0.705. The molecule has 1 aromatic heterocycles. The molecule has 0 spiro atoms. The van der Waals surface area contributed by atoms with Crippen molar-refractivity contribution in [2.24, 2.45) is 0 Å². The van der Waals surface area contributed by atoms with E-state index in [1.165, 1.54) is 16.3 Å². The van der Waals surface area contributed by atoms with Gasteiger partial charge in [0.05, 0.1) is 26.4 Å². The number of aromatic nitrogens is 3. The van der Waals surface area contributed by atoms with Gasteiger partial charge in [0, 0.05) is 31.9 Å². The van der Waals surface area contributed by atoms with Gasteiger partial charge < -0.3 is 19.3 Å². The summed E-state index contributed by atoms with van der Waals surface area (Å²) in [6.07, 6.45) is 0. The van der Waals surface area contributed by atoms with Crippen molar-refractivity contribution in [2.45, 2.75) is 10.9 Å². The standard InChI is InChI=1S/C22H25N5O2S/c1-2-7-19-17(4-1)5-3-6-18(19)16-30-22-24-20(26-8-12-28-13-9-26)23-21(25-22)27-10-14-29-15-11-27/h1-7H,8-16H2. The lowest BCUT2D eigenvalue weighted by atomic mass is 10.1. The second-order valence-electron chi connectivity index (χ2n) is 7.34. The largest absolute Gasteiger partial charge is 0.378 e. The summed E-state index contributed by atoms with van der Waals surface area (Å²) in [7, 11) is 0. The van der Waals surface area contributed by atoms with E-state index in [0.717, 1.165) is 49.0 Å². The van der Waals surface area contributed by atoms with E-state index in [0.29, 0.717) is 26.4 Å². The Balaban J connectivity index is 1.42. The Hall–Kier alpha value is -2.42. The van der Waals surface area contributed by atoms with Crippen LogP contribution < -0.4 is 9.80 Å². The molecular formula is C22H25N5O2S. The van der Waals surface area contributed by atoms with Gasteiger partial charge in [-0.1, -0.05) is 54.2 Å². The first-order valence-electron chi connectivity index (χ1n) is 10.4. The van der Waals surface area contributed by atoms with Crippen molar-refractivity contribution in [3.63, 3.8) is 0 Å². The SMILES string of the molecule is c1ccc2c(CSc3nc(N4CCOCC4)nc(N4CCOCC4)n3)cccc2c1. The highest BCUT2D eigenvalue weighted by Gasteiger charge is 2.21. The molecule has 0 unspecified atom stereocenters. The first-order valence-corrected chi connectivity index (χ1v) is 11.4. The Morgan fingerprint density at radius 3 is 2.00 bits per heavy atom. The van der Waals surface area contributed by atoms with Crippen LogP contribution >= 0.6 is 11.8 Å². The summed E-state index contributed by atoms with van der Waals surface area (Å²) in [6, 6.07) is 14.9. The Bertz CT molecular complexity index is 964. The lowest BCUT2D eigenvalue weighted by molar-refractivity contribution is 0.121. The van der Waals surface area contributed by atoms with E-state index in [-0.39, 0.29) is 0 Å². The zero-order valence-electron chi connectivity index (χ0n) is 16.9. The highest BCUT2D eigenvalue weighted by molar-refractivity contribution is 7.98. The molecule has 7 nitrogen and oxygen atoms in total. The Morgan fingerprint density at radius 1 is 0.733 bits per heavy atom. The number of nitrogens with zero attached hydrogens (tertiary/aromatic N) is 5. The summed E-state index contributed by atoms with van der Waals surface area (Å²) in [5.74, 6) is 2.31. The summed E-state index contributed by atoms with van der Waals surface area (Å²) >= 11 is 1.67. The molecule has 0 radical (unpaired) electrons. The van der Waals surface area contributed by atoms with Gasteiger partial charge in [-0.3, -0.25) is 0 Å². The van der Waals surface area contributed by atoms with Gasteiger partial charge in [0.2, 0.25) is 11.9 Å². The van der Waals surface area contributed by atoms with Crippen molar-refractivity contribution < 1.29 is 9.47 Å². The van der Waals surface area contributed by atoms with Gasteiger partial charge in [-0.05, 0) is 16.3 Å². The zero-order chi connectivity index (χ0) is 20.2. The molecule has 156 valence electrons. The van der Waals surface area contributed by atoms with Crippen LogP contribution in [0, 0.1) is 0 Å². The number of fused-ring (bicyclic) bond motifs is 1. The molecule has 5 rings (SSSR count). The molecule has 3 heterocycles. The summed E-state index contributed by atoms with van der Waals surface area (Å²) in [5, 5.41) is 3.30. The summed E-state index contributed by atoms with van der Waals surface area (Å²) < 4.78 is 11.0. The van der Waals surface area contributed by atoms with Crippen molar-refractivity contribution in [2.75, 3.05) is 62.4 Å². The maximum atomic E-state index is 5.50. The number of hydrogen-bond acceptors (Lipinski definition) is 8. The van der Waals surface area contributed by atoms with Crippen LogP contribution in [0.25, 0.3) is 10.8 Å². The number of ether oxygens (including phenoxy) is 2. The Kier molecular flexibility index (Phi) is 5.96. The molecule has 30 heavy (non-hydrogen) atoms. The third kappa shape index (κ3) is 4.35. The van der Waals surface area contributed by atoms with Gasteiger partial charge in [0.15, 0.2) is 5.16 Å². The van der Waals surface area contributed by atoms with Gasteiger partial charge in [-0.2, -0.15) is 15.0 Å². The lowest BCUT2D eigenvalue weighted by Gasteiger charge is -2.30. The molecule has 2 fully saturated rings. The Labute approximate surface area is 180 Å². The lowest BCUT2D eigenvalue weighted by Crippen LogP contribution is -2.40. The first-order chi connectivity index (χ1) is 14.9. The Morgan fingerprint density at radius 2 is 1.33 bits per heavy atom. The fourth-order valence-corrected chi connectivity index (χ4v) is 4.60. The van der Waals surface area contributed by atoms with Crippen LogP contribution in [-0.2, 0) is 15.2 Å². The average molecular weight is 424 g/mol. The average Bonchev–Trinajstić information content (AvgIpc) is 2.83. The molecule has 0 saturated carbocycles. The van der Waals surface area contributed by atoms with Crippen molar-refractivity contribution >= 4 is 34.4 Å². The first kappa shape index (κ1) is 19.5. The van der Waals surface area contributed by atoms with E-state index in [2.05, 4.69) is 52.3 Å². The maximum absolute atomic E-state index is 5.50. The van der Waals surface area contributed by atoms with Crippen LogP contribution in [0.15, 0.2) is 47.6 Å². The summed E-state index contributed by atoms with van der Waals surface area (Å²) in [5.41, 5.74) is 1.29. The van der Waals surface area contributed by atoms with Gasteiger partial charge in [0.25, 0.3) is 0 Å². The molecular weight excluding hydrogens is 398 g/mol. The topological polar surface area (TPSA) is 63.6 Å². The van der Waals surface area contributed by atoms with Crippen LogP contribution in [0.2, 0.25) is 0 Å². The normalized spacial score (nSPS) is 17.5. The zero-order valence-corrected chi connectivity index (χ0v) is 17.7. The predicted octanol–water partition coefficient (Wildman–Crippen LogP) is 2.99. The number of thioether (sulfide) groups is 1. The van der Waals surface area contributed by atoms with E-state index < -0.39 is 0 Å². The second kappa shape index (κ2) is 9.16. The molecule has 0 atom stereocenters. The highest BCUT2D eigenvalue weighted by Crippen LogP contribution is 2.28. The number of anilines is 2. The third-order valence-corrected chi connectivity index (χ3v) is 6.31. The molecule has 3 aromatic rings. The summed E-state index contributed by atoms with van der Waals surface area (Å²) in [6.45, 7) is 6.04. The number of hydrogen-bond donors (Lipinski definition) is 0. The third-order valence-electron chi connectivity index (χ3n) is 5.42. The van der Waals surface area contributed by atoms with Crippen molar-refractivity contribution in [3.8, 4) is 0 Å². The van der Waals surface area contributed by atoms with Crippen LogP contribution in [-0.4, -0.2) is 67.6 Å². The maximum Gasteiger partial charge on any atom is 0.231 e. The fourth-order valence-electron chi connectivity index (χ4n) is 3.77. The van der Waals surface area contributed by atoms with Crippen LogP contribution in [0.1, 0.15) is 5.56 Å². The van der Waals surface area contributed by atoms with E-state index in [1.807, 2.05) is 0 Å². The molecule has 2 aliphatic heterocycles.